The van der Waals surface area contributed by atoms with E-state index in [0.717, 1.165) is 15.6 Å². The number of nitrogen functional groups attached to an aromatic ring is 1. The predicted molar refractivity (Wildman–Crippen MR) is 75.3 cm³/mol. The van der Waals surface area contributed by atoms with Crippen LogP contribution in [0, 0.1) is 0 Å². The molecule has 0 saturated heterocycles. The minimum Gasteiger partial charge on any atom is -0.374 e. The van der Waals surface area contributed by atoms with Gasteiger partial charge in [-0.1, -0.05) is 0 Å². The highest BCUT2D eigenvalue weighted by Gasteiger charge is 2.22. The Morgan fingerprint density at radius 2 is 2.22 bits per heavy atom. The Labute approximate surface area is 114 Å². The summed E-state index contributed by atoms with van der Waals surface area (Å²) in [4.78, 5) is 8.67. The summed E-state index contributed by atoms with van der Waals surface area (Å²) >= 11 is 3.38. The third kappa shape index (κ3) is 2.64. The molecule has 2 aromatic heterocycles. The number of pyridine rings is 1. The van der Waals surface area contributed by atoms with E-state index >= 15 is 0 Å². The van der Waals surface area contributed by atoms with Crippen molar-refractivity contribution in [2.24, 2.45) is 0 Å². The fourth-order valence-electron chi connectivity index (χ4n) is 1.98. The number of fused-ring (bicyclic) bond motifs is 1. The van der Waals surface area contributed by atoms with Crippen LogP contribution >= 0.6 is 15.9 Å². The first-order chi connectivity index (χ1) is 8.43. The number of anilines is 1. The summed E-state index contributed by atoms with van der Waals surface area (Å²) in [7, 11) is 0. The van der Waals surface area contributed by atoms with Gasteiger partial charge in [-0.05, 0) is 42.8 Å². The second-order valence-electron chi connectivity index (χ2n) is 4.75. The lowest BCUT2D eigenvalue weighted by Crippen LogP contribution is -2.31. The Balaban J connectivity index is 2.41. The maximum atomic E-state index is 5.95. The normalized spacial score (nSPS) is 12.2. The number of ether oxygens (including phenoxy) is 1. The number of nitrogens with two attached hydrogens (primary N) is 1. The molecule has 0 aliphatic carbocycles. The second-order valence-corrected chi connectivity index (χ2v) is 5.66. The molecule has 0 atom stereocenters. The van der Waals surface area contributed by atoms with Gasteiger partial charge in [-0.2, -0.15) is 0 Å². The molecule has 0 amide bonds. The first kappa shape index (κ1) is 13.3. The van der Waals surface area contributed by atoms with Crippen LogP contribution in [0.15, 0.2) is 16.7 Å². The zero-order valence-electron chi connectivity index (χ0n) is 10.8. The van der Waals surface area contributed by atoms with Crippen LogP contribution < -0.4 is 5.73 Å². The van der Waals surface area contributed by atoms with Gasteiger partial charge >= 0.3 is 0 Å². The van der Waals surface area contributed by atoms with E-state index in [0.29, 0.717) is 19.1 Å². The lowest BCUT2D eigenvalue weighted by Gasteiger charge is -2.25. The molecule has 0 saturated carbocycles. The molecule has 0 aromatic carbocycles. The van der Waals surface area contributed by atoms with Crippen LogP contribution in [-0.2, 0) is 11.3 Å². The monoisotopic (exact) mass is 312 g/mol. The molecule has 2 aromatic rings. The van der Waals surface area contributed by atoms with Crippen LogP contribution in [0.1, 0.15) is 20.8 Å². The third-order valence-electron chi connectivity index (χ3n) is 2.66. The van der Waals surface area contributed by atoms with Crippen molar-refractivity contribution in [1.82, 2.24) is 14.5 Å². The second kappa shape index (κ2) is 4.85. The molecule has 2 rings (SSSR count). The molecule has 6 heteroatoms. The van der Waals surface area contributed by atoms with Gasteiger partial charge in [0.2, 0.25) is 5.95 Å². The molecule has 18 heavy (non-hydrogen) atoms. The van der Waals surface area contributed by atoms with E-state index in [4.69, 9.17) is 10.5 Å². The summed E-state index contributed by atoms with van der Waals surface area (Å²) in [6, 6.07) is 1.91. The van der Waals surface area contributed by atoms with E-state index in [9.17, 15) is 0 Å². The Kier molecular flexibility index (Phi) is 3.59. The van der Waals surface area contributed by atoms with Crippen molar-refractivity contribution in [3.05, 3.63) is 16.7 Å². The SMILES string of the molecule is CCOC(C)(C)Cn1c(N)nc2cc(Br)cnc21. The minimum absolute atomic E-state index is 0.300. The Morgan fingerprint density at radius 3 is 2.89 bits per heavy atom. The summed E-state index contributed by atoms with van der Waals surface area (Å²) in [5.41, 5.74) is 7.21. The highest BCUT2D eigenvalue weighted by molar-refractivity contribution is 9.10. The first-order valence-electron chi connectivity index (χ1n) is 5.84. The summed E-state index contributed by atoms with van der Waals surface area (Å²) < 4.78 is 8.47. The van der Waals surface area contributed by atoms with Gasteiger partial charge in [0.05, 0.1) is 12.1 Å². The standard InChI is InChI=1S/C12H17BrN4O/c1-4-18-12(2,3)7-17-10-9(16-11(17)14)5-8(13)6-15-10/h5-6H,4,7H2,1-3H3,(H2,14,16). The number of halogens is 1. The molecular formula is C12H17BrN4O. The van der Waals surface area contributed by atoms with Gasteiger partial charge < -0.3 is 10.5 Å². The van der Waals surface area contributed by atoms with Gasteiger partial charge in [0.25, 0.3) is 0 Å². The van der Waals surface area contributed by atoms with Gasteiger partial charge in [-0.3, -0.25) is 4.57 Å². The molecule has 0 fully saturated rings. The summed E-state index contributed by atoms with van der Waals surface area (Å²) in [6.07, 6.45) is 1.74. The van der Waals surface area contributed by atoms with Crippen molar-refractivity contribution >= 4 is 33.0 Å². The quantitative estimate of drug-likeness (QED) is 0.942. The van der Waals surface area contributed by atoms with Gasteiger partial charge in [-0.25, -0.2) is 9.97 Å². The molecule has 5 nitrogen and oxygen atoms in total. The smallest absolute Gasteiger partial charge is 0.202 e. The minimum atomic E-state index is -0.300. The van der Waals surface area contributed by atoms with Gasteiger partial charge in [0.1, 0.15) is 5.52 Å². The maximum absolute atomic E-state index is 5.95. The first-order valence-corrected chi connectivity index (χ1v) is 6.63. The number of rotatable bonds is 4. The molecule has 0 aliphatic rings. The van der Waals surface area contributed by atoms with E-state index in [2.05, 4.69) is 25.9 Å². The zero-order valence-corrected chi connectivity index (χ0v) is 12.4. The van der Waals surface area contributed by atoms with Crippen LogP contribution in [0.4, 0.5) is 5.95 Å². The number of nitrogens with zero attached hydrogens (tertiary/aromatic N) is 3. The number of imidazole rings is 1. The molecule has 0 spiro atoms. The van der Waals surface area contributed by atoms with Gasteiger partial charge in [0, 0.05) is 17.3 Å². The van der Waals surface area contributed by atoms with Crippen LogP contribution in [0.2, 0.25) is 0 Å². The third-order valence-corrected chi connectivity index (χ3v) is 3.09. The van der Waals surface area contributed by atoms with Gasteiger partial charge in [-0.15, -0.1) is 0 Å². The van der Waals surface area contributed by atoms with Crippen molar-refractivity contribution in [2.75, 3.05) is 12.3 Å². The highest BCUT2D eigenvalue weighted by atomic mass is 79.9. The lowest BCUT2D eigenvalue weighted by atomic mass is 10.1. The van der Waals surface area contributed by atoms with Crippen molar-refractivity contribution in [3.8, 4) is 0 Å². The fourth-order valence-corrected chi connectivity index (χ4v) is 2.30. The molecule has 0 radical (unpaired) electrons. The Bertz CT molecular complexity index is 564. The van der Waals surface area contributed by atoms with Crippen molar-refractivity contribution in [2.45, 2.75) is 32.9 Å². The van der Waals surface area contributed by atoms with Crippen LogP contribution in [0.3, 0.4) is 0 Å². The largest absolute Gasteiger partial charge is 0.374 e. The Hall–Kier alpha value is -1.14. The fraction of sp³-hybridized carbons (Fsp3) is 0.500. The van der Waals surface area contributed by atoms with E-state index in [1.807, 2.05) is 31.4 Å². The van der Waals surface area contributed by atoms with E-state index < -0.39 is 0 Å². The molecule has 98 valence electrons. The van der Waals surface area contributed by atoms with Crippen molar-refractivity contribution in [1.29, 1.82) is 0 Å². The average molecular weight is 313 g/mol. The van der Waals surface area contributed by atoms with Crippen LogP contribution in [0.5, 0.6) is 0 Å². The number of hydrogen-bond donors (Lipinski definition) is 1. The molecule has 0 aliphatic heterocycles. The molecule has 2 N–H and O–H groups in total. The van der Waals surface area contributed by atoms with Gasteiger partial charge in [0.15, 0.2) is 5.65 Å². The summed E-state index contributed by atoms with van der Waals surface area (Å²) in [6.45, 7) is 7.32. The highest BCUT2D eigenvalue weighted by Crippen LogP contribution is 2.22. The molecule has 0 bridgehead atoms. The maximum Gasteiger partial charge on any atom is 0.202 e. The predicted octanol–water partition coefficient (Wildman–Crippen LogP) is 2.59. The summed E-state index contributed by atoms with van der Waals surface area (Å²) in [5, 5.41) is 0. The zero-order chi connectivity index (χ0) is 13.3. The van der Waals surface area contributed by atoms with E-state index in [1.165, 1.54) is 0 Å². The topological polar surface area (TPSA) is 66.0 Å². The van der Waals surface area contributed by atoms with Crippen LogP contribution in [0.25, 0.3) is 11.2 Å². The Morgan fingerprint density at radius 1 is 1.50 bits per heavy atom. The van der Waals surface area contributed by atoms with Crippen molar-refractivity contribution < 1.29 is 4.74 Å². The number of aromatic nitrogens is 3. The lowest BCUT2D eigenvalue weighted by molar-refractivity contribution is -0.0213. The van der Waals surface area contributed by atoms with Crippen molar-refractivity contribution in [3.63, 3.8) is 0 Å². The average Bonchev–Trinajstić information content (AvgIpc) is 2.54. The van der Waals surface area contributed by atoms with E-state index in [-0.39, 0.29) is 5.60 Å². The number of hydrogen-bond acceptors (Lipinski definition) is 4. The van der Waals surface area contributed by atoms with Crippen LogP contribution in [-0.4, -0.2) is 26.7 Å². The molecule has 0 unspecified atom stereocenters. The summed E-state index contributed by atoms with van der Waals surface area (Å²) in [5.74, 6) is 0.461. The molecule has 2 heterocycles. The molecular weight excluding hydrogens is 296 g/mol. The van der Waals surface area contributed by atoms with E-state index in [1.54, 1.807) is 6.20 Å².